The summed E-state index contributed by atoms with van der Waals surface area (Å²) in [6.45, 7) is 0. The number of fused-ring (bicyclic) bond motifs is 3. The maximum absolute atomic E-state index is 13.1. The first-order valence-corrected chi connectivity index (χ1v) is 16.2. The minimum Gasteiger partial charge on any atom is -0.383 e. The molecule has 9 nitrogen and oxygen atoms in total. The number of allylic oxidation sites excluding steroid dienone is 2. The van der Waals surface area contributed by atoms with Crippen molar-refractivity contribution in [2.75, 3.05) is 11.1 Å². The number of hydrogen-bond donors (Lipinski definition) is 3. The molecule has 1 aliphatic carbocycles. The van der Waals surface area contributed by atoms with Gasteiger partial charge in [-0.05, 0) is 75.6 Å². The third-order valence-corrected chi connectivity index (χ3v) is 8.97. The van der Waals surface area contributed by atoms with E-state index in [2.05, 4.69) is 37.4 Å². The molecular formula is C35H38F3N7O2. The lowest BCUT2D eigenvalue weighted by atomic mass is 9.90. The molecule has 2 amide bonds. The molecule has 4 N–H and O–H groups in total. The fourth-order valence-electron chi connectivity index (χ4n) is 6.56. The summed E-state index contributed by atoms with van der Waals surface area (Å²) in [5.74, 6) is -0.340. The van der Waals surface area contributed by atoms with Crippen LogP contribution in [0.2, 0.25) is 0 Å². The smallest absolute Gasteiger partial charge is 0.383 e. The number of benzene rings is 1. The predicted molar refractivity (Wildman–Crippen MR) is 175 cm³/mol. The summed E-state index contributed by atoms with van der Waals surface area (Å²) in [6.07, 6.45) is 12.5. The molecule has 0 radical (unpaired) electrons. The topological polar surface area (TPSA) is 128 Å². The van der Waals surface area contributed by atoms with Gasteiger partial charge in [0.05, 0.1) is 22.5 Å². The second-order valence-corrected chi connectivity index (χ2v) is 12.4. The van der Waals surface area contributed by atoms with Gasteiger partial charge in [-0.25, -0.2) is 9.97 Å². The fourth-order valence-corrected chi connectivity index (χ4v) is 6.56. The van der Waals surface area contributed by atoms with Crippen LogP contribution >= 0.6 is 0 Å². The number of nitrogens with one attached hydrogen (secondary N) is 2. The van der Waals surface area contributed by atoms with Gasteiger partial charge in [-0.3, -0.25) is 14.3 Å². The number of pyridine rings is 2. The molecule has 0 spiro atoms. The predicted octanol–water partition coefficient (Wildman–Crippen LogP) is 7.40. The summed E-state index contributed by atoms with van der Waals surface area (Å²) >= 11 is 0. The van der Waals surface area contributed by atoms with Crippen molar-refractivity contribution in [3.63, 3.8) is 0 Å². The highest BCUT2D eigenvalue weighted by Gasteiger charge is 2.31. The SMILES string of the molecule is Nc1ncc2c3c1c(-c1ccc(C(=O)Nc4cc(C(F)(F)F)ccn4)cc1)nn3[C@@H]1CCC[C@H](C1)NC(=O)CCCCCC/C=C/C2. The van der Waals surface area contributed by atoms with Crippen LogP contribution in [-0.4, -0.2) is 37.6 Å². The van der Waals surface area contributed by atoms with Crippen LogP contribution in [0.15, 0.2) is 60.9 Å². The summed E-state index contributed by atoms with van der Waals surface area (Å²) in [5.41, 5.74) is 9.14. The van der Waals surface area contributed by atoms with Gasteiger partial charge >= 0.3 is 6.18 Å². The molecule has 4 heterocycles. The zero-order valence-electron chi connectivity index (χ0n) is 26.0. The molecule has 4 aromatic rings. The minimum atomic E-state index is -4.55. The van der Waals surface area contributed by atoms with E-state index in [4.69, 9.17) is 10.8 Å². The highest BCUT2D eigenvalue weighted by atomic mass is 19.4. The van der Waals surface area contributed by atoms with E-state index >= 15 is 0 Å². The monoisotopic (exact) mass is 645 g/mol. The van der Waals surface area contributed by atoms with Gasteiger partial charge in [0, 0.05) is 41.5 Å². The van der Waals surface area contributed by atoms with Crippen LogP contribution in [0.3, 0.4) is 0 Å². The Bertz CT molecular complexity index is 1780. The first-order chi connectivity index (χ1) is 22.7. The summed E-state index contributed by atoms with van der Waals surface area (Å²) in [7, 11) is 0. The molecule has 1 saturated carbocycles. The molecule has 0 saturated heterocycles. The summed E-state index contributed by atoms with van der Waals surface area (Å²) in [5, 5.41) is 11.6. The van der Waals surface area contributed by atoms with Crippen molar-refractivity contribution >= 4 is 34.4 Å². The molecule has 6 rings (SSSR count). The molecule has 3 aromatic heterocycles. The van der Waals surface area contributed by atoms with E-state index in [1.807, 2.05) is 6.20 Å². The van der Waals surface area contributed by atoms with Gasteiger partial charge in [0.2, 0.25) is 5.91 Å². The third kappa shape index (κ3) is 7.47. The Kier molecular flexibility index (Phi) is 9.55. The van der Waals surface area contributed by atoms with Crippen LogP contribution < -0.4 is 16.4 Å². The van der Waals surface area contributed by atoms with Crippen molar-refractivity contribution in [3.8, 4) is 11.3 Å². The number of nitrogens with zero attached hydrogens (tertiary/aromatic N) is 4. The van der Waals surface area contributed by atoms with Gasteiger partial charge in [0.1, 0.15) is 17.3 Å². The Balaban J connectivity index is 1.34. The number of amides is 2. The molecule has 0 unspecified atom stereocenters. The van der Waals surface area contributed by atoms with E-state index in [0.717, 1.165) is 92.6 Å². The number of halogens is 3. The van der Waals surface area contributed by atoms with E-state index in [9.17, 15) is 22.8 Å². The van der Waals surface area contributed by atoms with Crippen LogP contribution in [-0.2, 0) is 17.4 Å². The standard InChI is InChI=1S/C35H38F3N7O2/c36-35(37,38)25-17-18-40-28(19-25)43-34(47)23-15-13-22(14-16-23)31-30-32-24(21-41-33(30)39)9-6-4-2-1-3-5-7-12-29(46)42-26-10-8-11-27(20-26)45(32)44-31/h4,6,13-19,21,26-27H,1-3,5,7-12,20H2,(H2,39,41)(H,42,46)(H,40,43,47)/b6-4+/t26-,27-/m1/s1. The number of anilines is 2. The Labute approximate surface area is 270 Å². The van der Waals surface area contributed by atoms with Crippen LogP contribution in [0, 0.1) is 0 Å². The zero-order valence-corrected chi connectivity index (χ0v) is 26.0. The van der Waals surface area contributed by atoms with E-state index < -0.39 is 17.6 Å². The molecule has 2 aliphatic rings. The number of carbonyl (C=O) groups is 2. The molecule has 2 bridgehead atoms. The van der Waals surface area contributed by atoms with E-state index in [1.54, 1.807) is 24.3 Å². The molecule has 12 heteroatoms. The normalized spacial score (nSPS) is 20.3. The largest absolute Gasteiger partial charge is 0.416 e. The summed E-state index contributed by atoms with van der Waals surface area (Å²) in [6, 6.07) is 8.42. The van der Waals surface area contributed by atoms with E-state index in [-0.39, 0.29) is 29.4 Å². The average Bonchev–Trinajstić information content (AvgIpc) is 3.46. The Morgan fingerprint density at radius 2 is 1.81 bits per heavy atom. The van der Waals surface area contributed by atoms with Crippen LogP contribution in [0.25, 0.3) is 22.2 Å². The second kappa shape index (κ2) is 13.9. The lowest BCUT2D eigenvalue weighted by Gasteiger charge is -2.30. The number of nitrogens with two attached hydrogens (primary N) is 1. The Morgan fingerprint density at radius 3 is 2.62 bits per heavy atom. The average molecular weight is 646 g/mol. The van der Waals surface area contributed by atoms with Gasteiger partial charge < -0.3 is 16.4 Å². The third-order valence-electron chi connectivity index (χ3n) is 8.97. The first kappa shape index (κ1) is 32.2. The van der Waals surface area contributed by atoms with E-state index in [0.29, 0.717) is 29.9 Å². The number of rotatable bonds is 3. The quantitative estimate of drug-likeness (QED) is 0.199. The molecule has 1 aliphatic heterocycles. The Hall–Kier alpha value is -4.74. The van der Waals surface area contributed by atoms with Crippen LogP contribution in [0.4, 0.5) is 24.8 Å². The van der Waals surface area contributed by atoms with Gasteiger partial charge in [0.25, 0.3) is 5.91 Å². The highest BCUT2D eigenvalue weighted by molar-refractivity contribution is 6.05. The van der Waals surface area contributed by atoms with Crippen LogP contribution in [0.1, 0.15) is 91.7 Å². The minimum absolute atomic E-state index is 0.0375. The van der Waals surface area contributed by atoms with Crippen molar-refractivity contribution in [3.05, 3.63) is 77.6 Å². The number of carbonyl (C=O) groups excluding carboxylic acids is 2. The van der Waals surface area contributed by atoms with Crippen molar-refractivity contribution in [1.29, 1.82) is 0 Å². The molecular weight excluding hydrogens is 607 g/mol. The number of aromatic nitrogens is 4. The second-order valence-electron chi connectivity index (χ2n) is 12.4. The molecule has 246 valence electrons. The maximum Gasteiger partial charge on any atom is 0.416 e. The van der Waals surface area contributed by atoms with Crippen molar-refractivity contribution < 1.29 is 22.8 Å². The van der Waals surface area contributed by atoms with Gasteiger partial charge in [-0.1, -0.05) is 37.1 Å². The Morgan fingerprint density at radius 1 is 1.00 bits per heavy atom. The molecule has 47 heavy (non-hydrogen) atoms. The zero-order chi connectivity index (χ0) is 33.0. The fraction of sp³-hybridized carbons (Fsp3) is 0.400. The molecule has 1 fully saturated rings. The number of hydrogen-bond acceptors (Lipinski definition) is 6. The van der Waals surface area contributed by atoms with Gasteiger partial charge in [0.15, 0.2) is 0 Å². The summed E-state index contributed by atoms with van der Waals surface area (Å²) < 4.78 is 41.4. The van der Waals surface area contributed by atoms with Crippen LogP contribution in [0.5, 0.6) is 0 Å². The van der Waals surface area contributed by atoms with Crippen molar-refractivity contribution in [2.45, 2.75) is 88.9 Å². The van der Waals surface area contributed by atoms with Crippen molar-refractivity contribution in [2.24, 2.45) is 0 Å². The first-order valence-electron chi connectivity index (χ1n) is 16.2. The lowest BCUT2D eigenvalue weighted by Crippen LogP contribution is -2.39. The molecule has 1 aromatic carbocycles. The number of nitrogen functional groups attached to an aromatic ring is 1. The van der Waals surface area contributed by atoms with E-state index in [1.165, 1.54) is 0 Å². The maximum atomic E-state index is 13.1. The van der Waals surface area contributed by atoms with Crippen molar-refractivity contribution in [1.82, 2.24) is 25.1 Å². The number of alkyl halides is 3. The summed E-state index contributed by atoms with van der Waals surface area (Å²) in [4.78, 5) is 34.1. The van der Waals surface area contributed by atoms with Gasteiger partial charge in [-0.2, -0.15) is 18.3 Å². The lowest BCUT2D eigenvalue weighted by molar-refractivity contribution is -0.137. The highest BCUT2D eigenvalue weighted by Crippen LogP contribution is 2.39. The van der Waals surface area contributed by atoms with Gasteiger partial charge in [-0.15, -0.1) is 0 Å². The molecule has 2 atom stereocenters.